The van der Waals surface area contributed by atoms with Crippen molar-refractivity contribution in [3.05, 3.63) is 58.6 Å². The lowest BCUT2D eigenvalue weighted by Gasteiger charge is -2.06. The number of hydrogen-bond donors (Lipinski definition) is 1. The molecule has 0 aliphatic heterocycles. The van der Waals surface area contributed by atoms with E-state index in [1.54, 1.807) is 13.2 Å². The number of H-pyrrole nitrogens is 1. The SMILES string of the molecule is COc1ccc(CCn2c(=S)[nH]c3c(F)cccc32)cc1. The van der Waals surface area contributed by atoms with Gasteiger partial charge in [0.2, 0.25) is 0 Å². The van der Waals surface area contributed by atoms with Crippen LogP contribution in [-0.2, 0) is 13.0 Å². The molecule has 0 aliphatic rings. The molecule has 1 N–H and O–H groups in total. The van der Waals surface area contributed by atoms with Crippen LogP contribution in [0.5, 0.6) is 5.75 Å². The van der Waals surface area contributed by atoms with Gasteiger partial charge in [0.25, 0.3) is 0 Å². The summed E-state index contributed by atoms with van der Waals surface area (Å²) in [5.74, 6) is 0.561. The van der Waals surface area contributed by atoms with Crippen molar-refractivity contribution in [1.29, 1.82) is 0 Å². The zero-order chi connectivity index (χ0) is 14.8. The minimum Gasteiger partial charge on any atom is -0.497 e. The quantitative estimate of drug-likeness (QED) is 0.736. The average molecular weight is 302 g/mol. The number of aromatic amines is 1. The van der Waals surface area contributed by atoms with Crippen molar-refractivity contribution >= 4 is 23.3 Å². The molecule has 0 spiro atoms. The fraction of sp³-hybridized carbons (Fsp3) is 0.188. The van der Waals surface area contributed by atoms with E-state index >= 15 is 0 Å². The normalized spacial score (nSPS) is 11.0. The fourth-order valence-corrected chi connectivity index (χ4v) is 2.69. The Hall–Kier alpha value is -2.14. The third-order valence-electron chi connectivity index (χ3n) is 3.54. The van der Waals surface area contributed by atoms with E-state index in [1.807, 2.05) is 34.9 Å². The molecule has 0 radical (unpaired) electrons. The number of para-hydroxylation sites is 1. The van der Waals surface area contributed by atoms with Crippen LogP contribution >= 0.6 is 12.2 Å². The Balaban J connectivity index is 1.86. The summed E-state index contributed by atoms with van der Waals surface area (Å²) in [6.07, 6.45) is 0.821. The highest BCUT2D eigenvalue weighted by atomic mass is 32.1. The van der Waals surface area contributed by atoms with E-state index in [9.17, 15) is 4.39 Å². The van der Waals surface area contributed by atoms with E-state index < -0.39 is 0 Å². The molecule has 3 nitrogen and oxygen atoms in total. The zero-order valence-corrected chi connectivity index (χ0v) is 12.4. The lowest BCUT2D eigenvalue weighted by atomic mass is 10.1. The number of methoxy groups -OCH3 is 1. The second-order valence-electron chi connectivity index (χ2n) is 4.81. The van der Waals surface area contributed by atoms with Gasteiger partial charge in [-0.05, 0) is 48.5 Å². The van der Waals surface area contributed by atoms with Crippen molar-refractivity contribution in [1.82, 2.24) is 9.55 Å². The van der Waals surface area contributed by atoms with Gasteiger partial charge in [-0.15, -0.1) is 0 Å². The number of ether oxygens (including phenoxy) is 1. The molecule has 0 unspecified atom stereocenters. The number of nitrogens with one attached hydrogen (secondary N) is 1. The van der Waals surface area contributed by atoms with Gasteiger partial charge in [0, 0.05) is 6.54 Å². The molecule has 1 heterocycles. The van der Waals surface area contributed by atoms with Gasteiger partial charge in [0.1, 0.15) is 17.1 Å². The standard InChI is InChI=1S/C16H15FN2OS/c1-20-12-7-5-11(6-8-12)9-10-19-14-4-2-3-13(17)15(14)18-16(19)21/h2-8H,9-10H2,1H3,(H,18,21). The van der Waals surface area contributed by atoms with E-state index in [2.05, 4.69) is 4.98 Å². The minimum atomic E-state index is -0.276. The lowest BCUT2D eigenvalue weighted by molar-refractivity contribution is 0.414. The number of rotatable bonds is 4. The van der Waals surface area contributed by atoms with Crippen LogP contribution in [0.3, 0.4) is 0 Å². The van der Waals surface area contributed by atoms with Crippen LogP contribution in [0.25, 0.3) is 11.0 Å². The van der Waals surface area contributed by atoms with Gasteiger partial charge in [0.05, 0.1) is 12.6 Å². The second kappa shape index (κ2) is 5.69. The molecular formula is C16H15FN2OS. The van der Waals surface area contributed by atoms with Gasteiger partial charge in [0.15, 0.2) is 4.77 Å². The van der Waals surface area contributed by atoms with E-state index in [-0.39, 0.29) is 5.82 Å². The summed E-state index contributed by atoms with van der Waals surface area (Å²) in [5, 5.41) is 0. The third-order valence-corrected chi connectivity index (χ3v) is 3.87. The molecule has 2 aromatic carbocycles. The maximum Gasteiger partial charge on any atom is 0.178 e. The first-order valence-corrected chi connectivity index (χ1v) is 7.10. The summed E-state index contributed by atoms with van der Waals surface area (Å²) in [6, 6.07) is 12.9. The summed E-state index contributed by atoms with van der Waals surface area (Å²) < 4.78 is 21.3. The fourth-order valence-electron chi connectivity index (χ4n) is 2.40. The number of benzene rings is 2. The van der Waals surface area contributed by atoms with Crippen molar-refractivity contribution in [2.75, 3.05) is 7.11 Å². The summed E-state index contributed by atoms with van der Waals surface area (Å²) >= 11 is 5.29. The highest BCUT2D eigenvalue weighted by Gasteiger charge is 2.08. The second-order valence-corrected chi connectivity index (χ2v) is 5.20. The first-order chi connectivity index (χ1) is 10.2. The molecule has 3 aromatic rings. The zero-order valence-electron chi connectivity index (χ0n) is 11.6. The molecule has 0 aliphatic carbocycles. The van der Waals surface area contributed by atoms with Crippen molar-refractivity contribution in [3.63, 3.8) is 0 Å². The third kappa shape index (κ3) is 2.69. The Kier molecular flexibility index (Phi) is 3.75. The summed E-state index contributed by atoms with van der Waals surface area (Å²) in [6.45, 7) is 0.703. The first-order valence-electron chi connectivity index (χ1n) is 6.69. The molecule has 5 heteroatoms. The van der Waals surface area contributed by atoms with Gasteiger partial charge in [-0.2, -0.15) is 0 Å². The number of halogens is 1. The van der Waals surface area contributed by atoms with Crippen LogP contribution in [0.1, 0.15) is 5.56 Å². The summed E-state index contributed by atoms with van der Waals surface area (Å²) in [4.78, 5) is 2.93. The Labute approximate surface area is 127 Å². The predicted molar refractivity (Wildman–Crippen MR) is 83.8 cm³/mol. The van der Waals surface area contributed by atoms with Crippen LogP contribution in [0.15, 0.2) is 42.5 Å². The highest BCUT2D eigenvalue weighted by Crippen LogP contribution is 2.18. The smallest absolute Gasteiger partial charge is 0.178 e. The molecule has 0 amide bonds. The number of aromatic nitrogens is 2. The van der Waals surface area contributed by atoms with Crippen LogP contribution in [0.2, 0.25) is 0 Å². The minimum absolute atomic E-state index is 0.276. The molecule has 0 atom stereocenters. The van der Waals surface area contributed by atoms with Gasteiger partial charge in [-0.3, -0.25) is 0 Å². The van der Waals surface area contributed by atoms with Crippen LogP contribution in [0.4, 0.5) is 4.39 Å². The Morgan fingerprint density at radius 2 is 1.95 bits per heavy atom. The molecule has 1 aromatic heterocycles. The Morgan fingerprint density at radius 1 is 1.19 bits per heavy atom. The summed E-state index contributed by atoms with van der Waals surface area (Å²) in [7, 11) is 1.65. The molecule has 0 bridgehead atoms. The molecule has 21 heavy (non-hydrogen) atoms. The maximum atomic E-state index is 13.7. The monoisotopic (exact) mass is 302 g/mol. The molecule has 0 fully saturated rings. The number of imidazole rings is 1. The summed E-state index contributed by atoms with van der Waals surface area (Å²) in [5.41, 5.74) is 2.45. The van der Waals surface area contributed by atoms with Gasteiger partial charge in [-0.25, -0.2) is 4.39 Å². The number of hydrogen-bond acceptors (Lipinski definition) is 2. The molecule has 0 saturated carbocycles. The number of nitrogens with zero attached hydrogens (tertiary/aromatic N) is 1. The van der Waals surface area contributed by atoms with Gasteiger partial charge < -0.3 is 14.3 Å². The van der Waals surface area contributed by atoms with E-state index in [1.165, 1.54) is 11.6 Å². The first kappa shape index (κ1) is 13.8. The van der Waals surface area contributed by atoms with E-state index in [0.717, 1.165) is 17.7 Å². The average Bonchev–Trinajstić information content (AvgIpc) is 2.83. The van der Waals surface area contributed by atoms with Crippen molar-refractivity contribution in [2.45, 2.75) is 13.0 Å². The van der Waals surface area contributed by atoms with E-state index in [0.29, 0.717) is 16.8 Å². The van der Waals surface area contributed by atoms with Crippen molar-refractivity contribution < 1.29 is 9.13 Å². The molecule has 108 valence electrons. The molecule has 0 saturated heterocycles. The maximum absolute atomic E-state index is 13.7. The largest absolute Gasteiger partial charge is 0.497 e. The number of aryl methyl sites for hydroxylation is 2. The van der Waals surface area contributed by atoms with E-state index in [4.69, 9.17) is 17.0 Å². The van der Waals surface area contributed by atoms with Crippen molar-refractivity contribution in [2.24, 2.45) is 0 Å². The molecule has 3 rings (SSSR count). The lowest BCUT2D eigenvalue weighted by Crippen LogP contribution is -2.01. The van der Waals surface area contributed by atoms with Gasteiger partial charge >= 0.3 is 0 Å². The Morgan fingerprint density at radius 3 is 2.67 bits per heavy atom. The van der Waals surface area contributed by atoms with Crippen LogP contribution in [0, 0.1) is 10.6 Å². The highest BCUT2D eigenvalue weighted by molar-refractivity contribution is 7.71. The predicted octanol–water partition coefficient (Wildman–Crippen LogP) is 4.09. The molecular weight excluding hydrogens is 287 g/mol. The van der Waals surface area contributed by atoms with Crippen LogP contribution in [-0.4, -0.2) is 16.7 Å². The van der Waals surface area contributed by atoms with Crippen molar-refractivity contribution in [3.8, 4) is 5.75 Å². The Bertz CT molecular complexity index is 820. The van der Waals surface area contributed by atoms with Crippen LogP contribution < -0.4 is 4.74 Å². The topological polar surface area (TPSA) is 29.9 Å². The number of fused-ring (bicyclic) bond motifs is 1. The van der Waals surface area contributed by atoms with Gasteiger partial charge in [-0.1, -0.05) is 18.2 Å².